The van der Waals surface area contributed by atoms with Crippen molar-refractivity contribution in [2.24, 2.45) is 4.99 Å². The van der Waals surface area contributed by atoms with Gasteiger partial charge in [-0.1, -0.05) is 12.5 Å². The topological polar surface area (TPSA) is 45.5 Å². The van der Waals surface area contributed by atoms with Gasteiger partial charge < -0.3 is 14.8 Å². The van der Waals surface area contributed by atoms with Gasteiger partial charge in [-0.15, -0.1) is 30.6 Å². The number of guanidine groups is 1. The molecule has 0 saturated carbocycles. The van der Waals surface area contributed by atoms with E-state index in [9.17, 15) is 0 Å². The molecule has 126 valence electrons. The van der Waals surface area contributed by atoms with E-state index in [4.69, 9.17) is 0 Å². The Morgan fingerprint density at radius 1 is 1.36 bits per heavy atom. The van der Waals surface area contributed by atoms with Gasteiger partial charge in [-0.3, -0.25) is 4.99 Å². The summed E-state index contributed by atoms with van der Waals surface area (Å²) in [7, 11) is 3.94. The number of allylic oxidation sites excluding steroid dienone is 1. The predicted octanol–water partition coefficient (Wildman–Crippen LogP) is 3.14. The van der Waals surface area contributed by atoms with Crippen LogP contribution in [-0.2, 0) is 6.54 Å². The molecule has 1 rings (SSSR count). The molecule has 0 amide bonds. The number of hydrogen-bond acceptors (Lipinski definition) is 2. The Morgan fingerprint density at radius 3 is 2.82 bits per heavy atom. The summed E-state index contributed by atoms with van der Waals surface area (Å²) in [6.45, 7) is 6.69. The van der Waals surface area contributed by atoms with E-state index in [2.05, 4.69) is 38.4 Å². The Hall–Kier alpha value is -1.05. The Morgan fingerprint density at radius 2 is 2.18 bits per heavy atom. The molecule has 1 heterocycles. The van der Waals surface area contributed by atoms with Crippen LogP contribution in [0.2, 0.25) is 0 Å². The SMILES string of the molecule is C=CCCCCCN(C)C(=NC)NCCCn1ccnc1.I. The highest BCUT2D eigenvalue weighted by molar-refractivity contribution is 14.0. The van der Waals surface area contributed by atoms with E-state index >= 15 is 0 Å². The van der Waals surface area contributed by atoms with Gasteiger partial charge in [0.05, 0.1) is 6.33 Å². The Balaban J connectivity index is 0.00000441. The lowest BCUT2D eigenvalue weighted by Crippen LogP contribution is -2.40. The standard InChI is InChI=1S/C16H29N5.HI/c1-4-5-6-7-8-12-20(3)16(17-2)19-10-9-13-21-14-11-18-15-21;/h4,11,14-15H,1,5-10,12-13H2,2-3H3,(H,17,19);1H. The third-order valence-electron chi connectivity index (χ3n) is 3.41. The van der Waals surface area contributed by atoms with E-state index in [1.165, 1.54) is 19.3 Å². The minimum Gasteiger partial charge on any atom is -0.356 e. The number of hydrogen-bond donors (Lipinski definition) is 1. The van der Waals surface area contributed by atoms with Gasteiger partial charge in [0.2, 0.25) is 0 Å². The molecule has 0 aromatic carbocycles. The number of aromatic nitrogens is 2. The summed E-state index contributed by atoms with van der Waals surface area (Å²) in [5, 5.41) is 3.41. The number of nitrogens with zero attached hydrogens (tertiary/aromatic N) is 4. The average Bonchev–Trinajstić information content (AvgIpc) is 3.00. The van der Waals surface area contributed by atoms with Gasteiger partial charge in [0.15, 0.2) is 5.96 Å². The summed E-state index contributed by atoms with van der Waals surface area (Å²) < 4.78 is 2.09. The monoisotopic (exact) mass is 419 g/mol. The highest BCUT2D eigenvalue weighted by atomic mass is 127. The summed E-state index contributed by atoms with van der Waals surface area (Å²) in [6.07, 6.45) is 13.5. The Kier molecular flexibility index (Phi) is 13.0. The molecule has 0 aliphatic heterocycles. The van der Waals surface area contributed by atoms with Crippen molar-refractivity contribution in [1.29, 1.82) is 0 Å². The van der Waals surface area contributed by atoms with Crippen molar-refractivity contribution in [2.45, 2.75) is 38.6 Å². The highest BCUT2D eigenvalue weighted by Gasteiger charge is 2.04. The summed E-state index contributed by atoms with van der Waals surface area (Å²) in [6, 6.07) is 0. The molecule has 0 unspecified atom stereocenters. The number of halogens is 1. The summed E-state index contributed by atoms with van der Waals surface area (Å²) >= 11 is 0. The van der Waals surface area contributed by atoms with Crippen LogP contribution in [0.4, 0.5) is 0 Å². The van der Waals surface area contributed by atoms with Gasteiger partial charge in [0.1, 0.15) is 0 Å². The molecular weight excluding hydrogens is 389 g/mol. The largest absolute Gasteiger partial charge is 0.356 e. The molecule has 0 aliphatic rings. The van der Waals surface area contributed by atoms with E-state index in [0.29, 0.717) is 0 Å². The molecule has 1 aromatic rings. The fraction of sp³-hybridized carbons (Fsp3) is 0.625. The lowest BCUT2D eigenvalue weighted by Gasteiger charge is -2.22. The van der Waals surface area contributed by atoms with Crippen LogP contribution in [0.25, 0.3) is 0 Å². The molecule has 0 spiro atoms. The van der Waals surface area contributed by atoms with Crippen LogP contribution >= 0.6 is 24.0 Å². The second-order valence-corrected chi connectivity index (χ2v) is 5.19. The first-order chi connectivity index (χ1) is 10.3. The first kappa shape index (κ1) is 20.9. The van der Waals surface area contributed by atoms with Crippen molar-refractivity contribution in [3.05, 3.63) is 31.4 Å². The van der Waals surface area contributed by atoms with E-state index in [0.717, 1.165) is 38.4 Å². The van der Waals surface area contributed by atoms with Crippen molar-refractivity contribution in [1.82, 2.24) is 19.8 Å². The Labute approximate surface area is 151 Å². The minimum atomic E-state index is 0. The van der Waals surface area contributed by atoms with Crippen molar-refractivity contribution < 1.29 is 0 Å². The second-order valence-electron chi connectivity index (χ2n) is 5.19. The fourth-order valence-electron chi connectivity index (χ4n) is 2.19. The maximum absolute atomic E-state index is 4.33. The predicted molar refractivity (Wildman–Crippen MR) is 105 cm³/mol. The van der Waals surface area contributed by atoms with Crippen molar-refractivity contribution in [3.63, 3.8) is 0 Å². The van der Waals surface area contributed by atoms with Gasteiger partial charge >= 0.3 is 0 Å². The number of rotatable bonds is 10. The smallest absolute Gasteiger partial charge is 0.193 e. The molecule has 0 radical (unpaired) electrons. The first-order valence-corrected chi connectivity index (χ1v) is 7.76. The van der Waals surface area contributed by atoms with Crippen molar-refractivity contribution in [2.75, 3.05) is 27.2 Å². The fourth-order valence-corrected chi connectivity index (χ4v) is 2.19. The minimum absolute atomic E-state index is 0. The number of nitrogens with one attached hydrogen (secondary N) is 1. The van der Waals surface area contributed by atoms with Crippen LogP contribution in [0.15, 0.2) is 36.4 Å². The van der Waals surface area contributed by atoms with Crippen LogP contribution in [0, 0.1) is 0 Å². The molecule has 0 atom stereocenters. The summed E-state index contributed by atoms with van der Waals surface area (Å²) in [5.41, 5.74) is 0. The third kappa shape index (κ3) is 9.07. The number of unbranched alkanes of at least 4 members (excludes halogenated alkanes) is 3. The summed E-state index contributed by atoms with van der Waals surface area (Å²) in [4.78, 5) is 10.6. The maximum atomic E-state index is 4.33. The van der Waals surface area contributed by atoms with Crippen molar-refractivity contribution >= 4 is 29.9 Å². The highest BCUT2D eigenvalue weighted by Crippen LogP contribution is 2.01. The quantitative estimate of drug-likeness (QED) is 0.208. The Bertz CT molecular complexity index is 403. The van der Waals surface area contributed by atoms with E-state index in [1.807, 2.05) is 31.8 Å². The lowest BCUT2D eigenvalue weighted by molar-refractivity contribution is 0.453. The third-order valence-corrected chi connectivity index (χ3v) is 3.41. The lowest BCUT2D eigenvalue weighted by atomic mass is 10.2. The average molecular weight is 419 g/mol. The van der Waals surface area contributed by atoms with Crippen molar-refractivity contribution in [3.8, 4) is 0 Å². The molecule has 0 saturated heterocycles. The molecule has 5 nitrogen and oxygen atoms in total. The zero-order valence-electron chi connectivity index (χ0n) is 13.9. The zero-order chi connectivity index (χ0) is 15.3. The number of imidazole rings is 1. The van der Waals surface area contributed by atoms with Gasteiger partial charge in [-0.2, -0.15) is 0 Å². The van der Waals surface area contributed by atoms with E-state index < -0.39 is 0 Å². The molecule has 1 aromatic heterocycles. The molecule has 0 bridgehead atoms. The van der Waals surface area contributed by atoms with Crippen LogP contribution in [0.1, 0.15) is 32.1 Å². The van der Waals surface area contributed by atoms with Crippen LogP contribution in [0.3, 0.4) is 0 Å². The first-order valence-electron chi connectivity index (χ1n) is 7.76. The molecule has 6 heteroatoms. The van der Waals surface area contributed by atoms with Gasteiger partial charge in [0.25, 0.3) is 0 Å². The molecule has 1 N–H and O–H groups in total. The normalized spacial score (nSPS) is 10.9. The molecule has 0 fully saturated rings. The van der Waals surface area contributed by atoms with E-state index in [1.54, 1.807) is 0 Å². The van der Waals surface area contributed by atoms with Crippen LogP contribution in [0.5, 0.6) is 0 Å². The molecule has 22 heavy (non-hydrogen) atoms. The number of aliphatic imine (C=N–C) groups is 1. The maximum Gasteiger partial charge on any atom is 0.193 e. The number of aryl methyl sites for hydroxylation is 1. The van der Waals surface area contributed by atoms with Gasteiger partial charge in [-0.05, 0) is 25.7 Å². The van der Waals surface area contributed by atoms with Crippen LogP contribution in [-0.4, -0.2) is 47.6 Å². The molecular formula is C16H30IN5. The van der Waals surface area contributed by atoms with Crippen LogP contribution < -0.4 is 5.32 Å². The van der Waals surface area contributed by atoms with Gasteiger partial charge in [-0.25, -0.2) is 4.98 Å². The summed E-state index contributed by atoms with van der Waals surface area (Å²) in [5.74, 6) is 0.976. The second kappa shape index (κ2) is 13.6. The van der Waals surface area contributed by atoms with Gasteiger partial charge in [0, 0.05) is 46.1 Å². The molecule has 0 aliphatic carbocycles. The zero-order valence-corrected chi connectivity index (χ0v) is 16.2. The van der Waals surface area contributed by atoms with E-state index in [-0.39, 0.29) is 24.0 Å².